The molecule has 88 valence electrons. The SMILES string of the molecule is CCCCCCOC(=O)N1CCOCC1. The fourth-order valence-electron chi connectivity index (χ4n) is 1.53. The van der Waals surface area contributed by atoms with Gasteiger partial charge in [0.1, 0.15) is 0 Å². The second-order valence-electron chi connectivity index (χ2n) is 3.77. The Balaban J connectivity index is 2.02. The minimum Gasteiger partial charge on any atom is -0.449 e. The molecule has 0 bridgehead atoms. The fraction of sp³-hybridized carbons (Fsp3) is 0.909. The maximum absolute atomic E-state index is 11.5. The number of rotatable bonds is 5. The molecule has 0 spiro atoms. The summed E-state index contributed by atoms with van der Waals surface area (Å²) in [5, 5.41) is 0. The number of hydrogen-bond acceptors (Lipinski definition) is 3. The second-order valence-corrected chi connectivity index (χ2v) is 3.77. The third-order valence-electron chi connectivity index (χ3n) is 2.49. The van der Waals surface area contributed by atoms with Gasteiger partial charge in [-0.15, -0.1) is 0 Å². The van der Waals surface area contributed by atoms with Crippen LogP contribution in [-0.4, -0.2) is 43.9 Å². The number of carbonyl (C=O) groups excluding carboxylic acids is 1. The van der Waals surface area contributed by atoms with Crippen molar-refractivity contribution in [2.45, 2.75) is 32.6 Å². The number of amides is 1. The van der Waals surface area contributed by atoms with Gasteiger partial charge in [-0.3, -0.25) is 0 Å². The first-order valence-corrected chi connectivity index (χ1v) is 5.84. The number of hydrogen-bond donors (Lipinski definition) is 0. The molecule has 0 aromatic heterocycles. The van der Waals surface area contributed by atoms with E-state index in [1.807, 2.05) is 0 Å². The molecule has 0 aliphatic carbocycles. The Hall–Kier alpha value is -0.770. The molecule has 0 aromatic rings. The van der Waals surface area contributed by atoms with Gasteiger partial charge in [-0.05, 0) is 6.42 Å². The van der Waals surface area contributed by atoms with Crippen LogP contribution in [0.4, 0.5) is 4.79 Å². The van der Waals surface area contributed by atoms with Crippen LogP contribution in [0.2, 0.25) is 0 Å². The molecule has 1 fully saturated rings. The van der Waals surface area contributed by atoms with Crippen molar-refractivity contribution < 1.29 is 14.3 Å². The van der Waals surface area contributed by atoms with E-state index in [0.29, 0.717) is 32.9 Å². The van der Waals surface area contributed by atoms with E-state index in [2.05, 4.69) is 6.92 Å². The first-order valence-electron chi connectivity index (χ1n) is 5.84. The molecular formula is C11H21NO3. The van der Waals surface area contributed by atoms with Crippen LogP contribution < -0.4 is 0 Å². The van der Waals surface area contributed by atoms with Gasteiger partial charge in [-0.25, -0.2) is 4.79 Å². The summed E-state index contributed by atoms with van der Waals surface area (Å²) in [4.78, 5) is 13.2. The highest BCUT2D eigenvalue weighted by Crippen LogP contribution is 2.03. The predicted octanol–water partition coefficient (Wildman–Crippen LogP) is 2.04. The summed E-state index contributed by atoms with van der Waals surface area (Å²) in [6.07, 6.45) is 4.36. The number of nitrogens with zero attached hydrogens (tertiary/aromatic N) is 1. The van der Waals surface area contributed by atoms with Crippen molar-refractivity contribution in [1.29, 1.82) is 0 Å². The quantitative estimate of drug-likeness (QED) is 0.659. The molecule has 0 N–H and O–H groups in total. The molecule has 15 heavy (non-hydrogen) atoms. The number of morpholine rings is 1. The normalized spacial score (nSPS) is 16.5. The van der Waals surface area contributed by atoms with Crippen molar-refractivity contribution in [3.8, 4) is 0 Å². The lowest BCUT2D eigenvalue weighted by Crippen LogP contribution is -2.41. The number of unbranched alkanes of at least 4 members (excludes halogenated alkanes) is 3. The molecule has 4 nitrogen and oxygen atoms in total. The van der Waals surface area contributed by atoms with Gasteiger partial charge in [0.15, 0.2) is 0 Å². The summed E-state index contributed by atoms with van der Waals surface area (Å²) in [6, 6.07) is 0. The predicted molar refractivity (Wildman–Crippen MR) is 57.9 cm³/mol. The maximum Gasteiger partial charge on any atom is 0.409 e. The Morgan fingerprint density at radius 2 is 2.00 bits per heavy atom. The van der Waals surface area contributed by atoms with E-state index in [1.54, 1.807) is 4.90 Å². The molecule has 1 heterocycles. The second kappa shape index (κ2) is 7.51. The van der Waals surface area contributed by atoms with Gasteiger partial charge in [0.05, 0.1) is 19.8 Å². The van der Waals surface area contributed by atoms with Crippen LogP contribution in [0.25, 0.3) is 0 Å². The van der Waals surface area contributed by atoms with Crippen molar-refractivity contribution in [2.75, 3.05) is 32.9 Å². The molecule has 0 atom stereocenters. The Bertz CT molecular complexity index is 179. The monoisotopic (exact) mass is 215 g/mol. The Kier molecular flexibility index (Phi) is 6.16. The van der Waals surface area contributed by atoms with Crippen molar-refractivity contribution in [3.05, 3.63) is 0 Å². The van der Waals surface area contributed by atoms with Gasteiger partial charge < -0.3 is 14.4 Å². The molecule has 1 saturated heterocycles. The summed E-state index contributed by atoms with van der Waals surface area (Å²) in [7, 11) is 0. The lowest BCUT2D eigenvalue weighted by molar-refractivity contribution is 0.0268. The first-order chi connectivity index (χ1) is 7.34. The van der Waals surface area contributed by atoms with Crippen molar-refractivity contribution in [1.82, 2.24) is 4.90 Å². The first kappa shape index (κ1) is 12.3. The molecule has 0 unspecified atom stereocenters. The maximum atomic E-state index is 11.5. The molecule has 0 aromatic carbocycles. The molecule has 0 saturated carbocycles. The number of carbonyl (C=O) groups is 1. The smallest absolute Gasteiger partial charge is 0.409 e. The van der Waals surface area contributed by atoms with E-state index in [1.165, 1.54) is 12.8 Å². The van der Waals surface area contributed by atoms with Crippen molar-refractivity contribution in [3.63, 3.8) is 0 Å². The van der Waals surface area contributed by atoms with Gasteiger partial charge in [-0.1, -0.05) is 26.2 Å². The Morgan fingerprint density at radius 3 is 2.67 bits per heavy atom. The van der Waals surface area contributed by atoms with Gasteiger partial charge in [-0.2, -0.15) is 0 Å². The molecule has 1 aliphatic rings. The summed E-state index contributed by atoms with van der Waals surface area (Å²) in [5.41, 5.74) is 0. The molecule has 1 aliphatic heterocycles. The summed E-state index contributed by atoms with van der Waals surface area (Å²) in [6.45, 7) is 5.30. The molecule has 0 radical (unpaired) electrons. The van der Waals surface area contributed by atoms with Crippen LogP contribution in [0.5, 0.6) is 0 Å². The zero-order valence-electron chi connectivity index (χ0n) is 9.54. The lowest BCUT2D eigenvalue weighted by Gasteiger charge is -2.25. The van der Waals surface area contributed by atoms with Crippen molar-refractivity contribution >= 4 is 6.09 Å². The average Bonchev–Trinajstić information content (AvgIpc) is 2.30. The van der Waals surface area contributed by atoms with E-state index in [4.69, 9.17) is 9.47 Å². The molecular weight excluding hydrogens is 194 g/mol. The van der Waals surface area contributed by atoms with Crippen LogP contribution in [-0.2, 0) is 9.47 Å². The van der Waals surface area contributed by atoms with Crippen LogP contribution in [0, 0.1) is 0 Å². The lowest BCUT2D eigenvalue weighted by atomic mass is 10.2. The summed E-state index contributed by atoms with van der Waals surface area (Å²) >= 11 is 0. The Labute approximate surface area is 91.5 Å². The standard InChI is InChI=1S/C11H21NO3/c1-2-3-4-5-8-15-11(13)12-6-9-14-10-7-12/h2-10H2,1H3. The van der Waals surface area contributed by atoms with E-state index in [9.17, 15) is 4.79 Å². The van der Waals surface area contributed by atoms with Gasteiger partial charge in [0.25, 0.3) is 0 Å². The third-order valence-corrected chi connectivity index (χ3v) is 2.49. The van der Waals surface area contributed by atoms with Gasteiger partial charge in [0, 0.05) is 13.1 Å². The highest BCUT2D eigenvalue weighted by molar-refractivity contribution is 5.67. The van der Waals surface area contributed by atoms with Crippen molar-refractivity contribution in [2.24, 2.45) is 0 Å². The highest BCUT2D eigenvalue weighted by atomic mass is 16.6. The Morgan fingerprint density at radius 1 is 1.27 bits per heavy atom. The summed E-state index contributed by atoms with van der Waals surface area (Å²) < 4.78 is 10.3. The molecule has 1 rings (SSSR count). The van der Waals surface area contributed by atoms with Crippen LogP contribution in [0.1, 0.15) is 32.6 Å². The third kappa shape index (κ3) is 5.02. The van der Waals surface area contributed by atoms with E-state index < -0.39 is 0 Å². The van der Waals surface area contributed by atoms with Crippen LogP contribution in [0.3, 0.4) is 0 Å². The van der Waals surface area contributed by atoms with E-state index in [0.717, 1.165) is 12.8 Å². The average molecular weight is 215 g/mol. The largest absolute Gasteiger partial charge is 0.449 e. The van der Waals surface area contributed by atoms with Gasteiger partial charge >= 0.3 is 6.09 Å². The minimum atomic E-state index is -0.185. The summed E-state index contributed by atoms with van der Waals surface area (Å²) in [5.74, 6) is 0. The highest BCUT2D eigenvalue weighted by Gasteiger charge is 2.17. The van der Waals surface area contributed by atoms with Crippen LogP contribution >= 0.6 is 0 Å². The van der Waals surface area contributed by atoms with Crippen LogP contribution in [0.15, 0.2) is 0 Å². The zero-order valence-corrected chi connectivity index (χ0v) is 9.54. The minimum absolute atomic E-state index is 0.185. The van der Waals surface area contributed by atoms with E-state index in [-0.39, 0.29) is 6.09 Å². The van der Waals surface area contributed by atoms with Gasteiger partial charge in [0.2, 0.25) is 0 Å². The zero-order chi connectivity index (χ0) is 10.9. The molecule has 1 amide bonds. The number of ether oxygens (including phenoxy) is 2. The molecule has 4 heteroatoms. The van der Waals surface area contributed by atoms with E-state index >= 15 is 0 Å². The topological polar surface area (TPSA) is 38.8 Å². The fourth-order valence-corrected chi connectivity index (χ4v) is 1.53.